The Kier molecular flexibility index (Phi) is 4.85. The number of nitrogens with one attached hydrogen (secondary N) is 1. The Hall–Kier alpha value is -2.74. The Morgan fingerprint density at radius 2 is 2.08 bits per heavy atom. The first-order valence-electron chi connectivity index (χ1n) is 7.07. The molecule has 7 nitrogen and oxygen atoms in total. The van der Waals surface area contributed by atoms with E-state index in [1.165, 1.54) is 18.9 Å². The standard InChI is InChI=1S/C16H15N3O4S/c1-21-12-6-4-3-5-11(12)14-17-16(19-18-14)24-9-10-7-8-13(23-10)15(20)22-2/h3-8H,9H2,1-2H3,(H,17,18,19). The largest absolute Gasteiger partial charge is 0.496 e. The van der Waals surface area contributed by atoms with Gasteiger partial charge in [0.1, 0.15) is 11.5 Å². The zero-order chi connectivity index (χ0) is 16.9. The number of rotatable bonds is 6. The van der Waals surface area contributed by atoms with Crippen LogP contribution in [0.25, 0.3) is 11.4 Å². The van der Waals surface area contributed by atoms with Crippen LogP contribution in [0.1, 0.15) is 16.3 Å². The fourth-order valence-electron chi connectivity index (χ4n) is 2.07. The summed E-state index contributed by atoms with van der Waals surface area (Å²) in [4.78, 5) is 15.8. The van der Waals surface area contributed by atoms with Crippen molar-refractivity contribution in [2.45, 2.75) is 10.9 Å². The van der Waals surface area contributed by atoms with Crippen molar-refractivity contribution in [3.8, 4) is 17.1 Å². The van der Waals surface area contributed by atoms with Crippen LogP contribution >= 0.6 is 11.8 Å². The smallest absolute Gasteiger partial charge is 0.373 e. The van der Waals surface area contributed by atoms with Gasteiger partial charge >= 0.3 is 5.97 Å². The Morgan fingerprint density at radius 1 is 1.25 bits per heavy atom. The van der Waals surface area contributed by atoms with Crippen molar-refractivity contribution in [3.63, 3.8) is 0 Å². The lowest BCUT2D eigenvalue weighted by atomic mass is 10.2. The summed E-state index contributed by atoms with van der Waals surface area (Å²) < 4.78 is 15.3. The summed E-state index contributed by atoms with van der Waals surface area (Å²) in [6.45, 7) is 0. The molecular formula is C16H15N3O4S. The Balaban J connectivity index is 1.68. The number of H-pyrrole nitrogens is 1. The second-order valence-corrected chi connectivity index (χ2v) is 5.66. The molecule has 0 amide bonds. The summed E-state index contributed by atoms with van der Waals surface area (Å²) in [5.74, 6) is 2.17. The summed E-state index contributed by atoms with van der Waals surface area (Å²) in [6.07, 6.45) is 0. The molecule has 8 heteroatoms. The fraction of sp³-hybridized carbons (Fsp3) is 0.188. The van der Waals surface area contributed by atoms with E-state index in [9.17, 15) is 4.79 Å². The van der Waals surface area contributed by atoms with Crippen molar-refractivity contribution >= 4 is 17.7 Å². The lowest BCUT2D eigenvalue weighted by Crippen LogP contribution is -1.98. The lowest BCUT2D eigenvalue weighted by Gasteiger charge is -2.04. The van der Waals surface area contributed by atoms with Gasteiger partial charge in [0.2, 0.25) is 10.9 Å². The van der Waals surface area contributed by atoms with Crippen LogP contribution in [0, 0.1) is 0 Å². The number of aromatic amines is 1. The molecule has 0 saturated carbocycles. The molecule has 0 aliphatic rings. The highest BCUT2D eigenvalue weighted by Crippen LogP contribution is 2.28. The molecular weight excluding hydrogens is 330 g/mol. The van der Waals surface area contributed by atoms with Gasteiger partial charge in [-0.25, -0.2) is 9.78 Å². The number of para-hydroxylation sites is 1. The molecule has 2 aromatic heterocycles. The van der Waals surface area contributed by atoms with E-state index in [2.05, 4.69) is 19.9 Å². The average Bonchev–Trinajstić information content (AvgIpc) is 3.28. The number of hydrogen-bond acceptors (Lipinski definition) is 7. The summed E-state index contributed by atoms with van der Waals surface area (Å²) >= 11 is 1.39. The van der Waals surface area contributed by atoms with Gasteiger partial charge < -0.3 is 13.9 Å². The van der Waals surface area contributed by atoms with Gasteiger partial charge in [-0.3, -0.25) is 5.10 Å². The number of methoxy groups -OCH3 is 2. The van der Waals surface area contributed by atoms with E-state index < -0.39 is 5.97 Å². The molecule has 0 saturated heterocycles. The summed E-state index contributed by atoms with van der Waals surface area (Å²) in [5.41, 5.74) is 0.838. The maximum absolute atomic E-state index is 11.4. The maximum atomic E-state index is 11.4. The normalized spacial score (nSPS) is 10.6. The second-order valence-electron chi connectivity index (χ2n) is 4.71. The van der Waals surface area contributed by atoms with E-state index in [0.717, 1.165) is 11.3 Å². The minimum Gasteiger partial charge on any atom is -0.496 e. The van der Waals surface area contributed by atoms with Crippen molar-refractivity contribution in [1.82, 2.24) is 15.2 Å². The summed E-state index contributed by atoms with van der Waals surface area (Å²) in [6, 6.07) is 10.9. The third-order valence-corrected chi connectivity index (χ3v) is 4.09. The molecule has 124 valence electrons. The summed E-state index contributed by atoms with van der Waals surface area (Å²) in [7, 11) is 2.92. The molecule has 2 heterocycles. The van der Waals surface area contributed by atoms with Crippen molar-refractivity contribution < 1.29 is 18.7 Å². The number of aromatic nitrogens is 3. The van der Waals surface area contributed by atoms with Gasteiger partial charge in [-0.15, -0.1) is 5.10 Å². The van der Waals surface area contributed by atoms with E-state index >= 15 is 0 Å². The first kappa shape index (κ1) is 16.1. The molecule has 1 aromatic carbocycles. The second kappa shape index (κ2) is 7.22. The van der Waals surface area contributed by atoms with Crippen molar-refractivity contribution in [1.29, 1.82) is 0 Å². The third kappa shape index (κ3) is 3.43. The number of ether oxygens (including phenoxy) is 2. The van der Waals surface area contributed by atoms with Crippen LogP contribution in [-0.2, 0) is 10.5 Å². The monoisotopic (exact) mass is 345 g/mol. The molecule has 24 heavy (non-hydrogen) atoms. The van der Waals surface area contributed by atoms with Crippen LogP contribution < -0.4 is 4.74 Å². The summed E-state index contributed by atoms with van der Waals surface area (Å²) in [5, 5.41) is 7.65. The number of esters is 1. The van der Waals surface area contributed by atoms with E-state index in [0.29, 0.717) is 22.5 Å². The Labute approximate surface area is 142 Å². The Bertz CT molecular complexity index is 843. The molecule has 0 unspecified atom stereocenters. The number of hydrogen-bond donors (Lipinski definition) is 1. The number of benzene rings is 1. The lowest BCUT2D eigenvalue weighted by molar-refractivity contribution is 0.0563. The van der Waals surface area contributed by atoms with Crippen molar-refractivity contribution in [2.24, 2.45) is 0 Å². The Morgan fingerprint density at radius 3 is 2.88 bits per heavy atom. The molecule has 0 bridgehead atoms. The molecule has 0 radical (unpaired) electrons. The number of carbonyl (C=O) groups excluding carboxylic acids is 1. The third-order valence-electron chi connectivity index (χ3n) is 3.22. The van der Waals surface area contributed by atoms with Gasteiger partial charge in [0.25, 0.3) is 0 Å². The molecule has 0 spiro atoms. The first-order valence-corrected chi connectivity index (χ1v) is 8.05. The number of furan rings is 1. The highest BCUT2D eigenvalue weighted by atomic mass is 32.2. The first-order chi connectivity index (χ1) is 11.7. The van der Waals surface area contributed by atoms with Gasteiger partial charge in [0, 0.05) is 0 Å². The zero-order valence-corrected chi connectivity index (χ0v) is 13.9. The molecule has 3 aromatic rings. The predicted molar refractivity (Wildman–Crippen MR) is 88.0 cm³/mol. The molecule has 0 fully saturated rings. The van der Waals surface area contributed by atoms with Crippen LogP contribution in [0.3, 0.4) is 0 Å². The van der Waals surface area contributed by atoms with Crippen molar-refractivity contribution in [3.05, 3.63) is 47.9 Å². The number of carbonyl (C=O) groups is 1. The van der Waals surface area contributed by atoms with Crippen LogP contribution in [0.5, 0.6) is 5.75 Å². The maximum Gasteiger partial charge on any atom is 0.373 e. The van der Waals surface area contributed by atoms with Crippen LogP contribution in [0.15, 0.2) is 46.0 Å². The molecule has 1 N–H and O–H groups in total. The number of thioether (sulfide) groups is 1. The molecule has 0 aliphatic carbocycles. The zero-order valence-electron chi connectivity index (χ0n) is 13.1. The van der Waals surface area contributed by atoms with E-state index in [1.54, 1.807) is 19.2 Å². The van der Waals surface area contributed by atoms with Crippen molar-refractivity contribution in [2.75, 3.05) is 14.2 Å². The van der Waals surface area contributed by atoms with E-state index in [4.69, 9.17) is 9.15 Å². The van der Waals surface area contributed by atoms with E-state index in [-0.39, 0.29) is 5.76 Å². The van der Waals surface area contributed by atoms with Gasteiger partial charge in [-0.1, -0.05) is 23.9 Å². The highest BCUT2D eigenvalue weighted by Gasteiger charge is 2.13. The molecule has 3 rings (SSSR count). The predicted octanol–water partition coefficient (Wildman–Crippen LogP) is 3.15. The fourth-order valence-corrected chi connectivity index (χ4v) is 2.77. The van der Waals surface area contributed by atoms with Gasteiger partial charge in [0.15, 0.2) is 5.82 Å². The minimum atomic E-state index is -0.498. The highest BCUT2D eigenvalue weighted by molar-refractivity contribution is 7.98. The quantitative estimate of drug-likeness (QED) is 0.542. The van der Waals surface area contributed by atoms with Crippen LogP contribution in [0.2, 0.25) is 0 Å². The van der Waals surface area contributed by atoms with E-state index in [1.807, 2.05) is 24.3 Å². The minimum absolute atomic E-state index is 0.179. The SMILES string of the molecule is COC(=O)c1ccc(CSc2n[nH]c(-c3ccccc3OC)n2)o1. The van der Waals surface area contributed by atoms with Crippen LogP contribution in [0.4, 0.5) is 0 Å². The molecule has 0 aliphatic heterocycles. The van der Waals surface area contributed by atoms with Gasteiger partial charge in [-0.05, 0) is 24.3 Å². The average molecular weight is 345 g/mol. The molecule has 0 atom stereocenters. The van der Waals surface area contributed by atoms with Gasteiger partial charge in [0.05, 0.1) is 25.5 Å². The number of nitrogens with zero attached hydrogens (tertiary/aromatic N) is 2. The van der Waals surface area contributed by atoms with Gasteiger partial charge in [-0.2, -0.15) is 0 Å². The topological polar surface area (TPSA) is 90.2 Å². The van der Waals surface area contributed by atoms with Crippen LogP contribution in [-0.4, -0.2) is 35.4 Å².